The van der Waals surface area contributed by atoms with Gasteiger partial charge in [-0.25, -0.2) is 9.78 Å². The number of carbonyl (C=O) groups excluding carboxylic acids is 1. The Morgan fingerprint density at radius 2 is 1.80 bits per heavy atom. The first kappa shape index (κ1) is 27.9. The van der Waals surface area contributed by atoms with Crippen molar-refractivity contribution in [3.8, 4) is 11.1 Å². The Balaban J connectivity index is 1.30. The predicted octanol–water partition coefficient (Wildman–Crippen LogP) is 5.12. The fraction of sp³-hybridized carbons (Fsp3) is 0.300. The molecule has 5 rings (SSSR count). The highest BCUT2D eigenvalue weighted by Crippen LogP contribution is 2.39. The van der Waals surface area contributed by atoms with Gasteiger partial charge in [0.05, 0.1) is 18.8 Å². The maximum atomic E-state index is 11.8. The number of aromatic nitrogens is 3. The largest absolute Gasteiger partial charge is 0.392 e. The number of urea groups is 1. The third kappa shape index (κ3) is 7.28. The third-order valence-corrected chi connectivity index (χ3v) is 7.66. The SMILES string of the molecule is CCNC(=O)NCc1cccc(-c2ccc([C@@H]3O[C@H](CSc4ncn[nH]4)C[C@H](c4ccc(CO)cc4)O3)cc2)c1. The van der Waals surface area contributed by atoms with E-state index in [2.05, 4.69) is 50.1 Å². The van der Waals surface area contributed by atoms with E-state index in [4.69, 9.17) is 9.47 Å². The summed E-state index contributed by atoms with van der Waals surface area (Å²) in [6.45, 7) is 2.94. The molecule has 4 aromatic rings. The Morgan fingerprint density at radius 3 is 2.52 bits per heavy atom. The van der Waals surface area contributed by atoms with E-state index in [9.17, 15) is 9.90 Å². The number of aliphatic hydroxyl groups excluding tert-OH is 1. The number of rotatable bonds is 10. The van der Waals surface area contributed by atoms with E-state index in [0.717, 1.165) is 38.5 Å². The van der Waals surface area contributed by atoms with E-state index >= 15 is 0 Å². The van der Waals surface area contributed by atoms with Crippen LogP contribution < -0.4 is 10.6 Å². The molecule has 3 atom stereocenters. The first-order chi connectivity index (χ1) is 19.6. The average molecular weight is 560 g/mol. The monoisotopic (exact) mass is 559 g/mol. The molecule has 0 spiro atoms. The van der Waals surface area contributed by atoms with Gasteiger partial charge in [0.15, 0.2) is 11.4 Å². The summed E-state index contributed by atoms with van der Waals surface area (Å²) < 4.78 is 12.9. The lowest BCUT2D eigenvalue weighted by Gasteiger charge is -2.36. The smallest absolute Gasteiger partial charge is 0.315 e. The maximum Gasteiger partial charge on any atom is 0.315 e. The molecule has 0 bridgehead atoms. The third-order valence-electron chi connectivity index (χ3n) is 6.65. The normalized spacial score (nSPS) is 18.8. The molecular formula is C30H33N5O4S. The summed E-state index contributed by atoms with van der Waals surface area (Å²) in [4.78, 5) is 16.0. The molecule has 2 heterocycles. The first-order valence-electron chi connectivity index (χ1n) is 13.3. The van der Waals surface area contributed by atoms with E-state index in [-0.39, 0.29) is 24.8 Å². The van der Waals surface area contributed by atoms with Gasteiger partial charge < -0.3 is 25.2 Å². The van der Waals surface area contributed by atoms with Crippen molar-refractivity contribution in [2.75, 3.05) is 12.3 Å². The molecule has 40 heavy (non-hydrogen) atoms. The van der Waals surface area contributed by atoms with Gasteiger partial charge in [-0.3, -0.25) is 5.10 Å². The molecule has 208 valence electrons. The summed E-state index contributed by atoms with van der Waals surface area (Å²) in [6, 6.07) is 24.0. The molecule has 0 radical (unpaired) electrons. The van der Waals surface area contributed by atoms with Crippen molar-refractivity contribution in [1.29, 1.82) is 0 Å². The standard InChI is InChI=1S/C30H33N5O4S/c1-2-31-29(37)32-16-21-4-3-5-25(14-21)22-10-12-24(13-11-22)28-38-26(18-40-30-33-19-34-35-30)15-27(39-28)23-8-6-20(17-36)7-9-23/h3-14,19,26-28,36H,2,15-18H2,1H3,(H2,31,32,37)(H,33,34,35)/t26-,27+,28+/m0/s1. The van der Waals surface area contributed by atoms with Crippen LogP contribution in [0.5, 0.6) is 0 Å². The van der Waals surface area contributed by atoms with Crippen molar-refractivity contribution < 1.29 is 19.4 Å². The number of benzene rings is 3. The molecule has 0 aliphatic carbocycles. The minimum absolute atomic E-state index is 0.00788. The van der Waals surface area contributed by atoms with Crippen molar-refractivity contribution in [1.82, 2.24) is 25.8 Å². The molecule has 3 aromatic carbocycles. The minimum Gasteiger partial charge on any atom is -0.392 e. The van der Waals surface area contributed by atoms with Gasteiger partial charge in [-0.1, -0.05) is 78.5 Å². The summed E-state index contributed by atoms with van der Waals surface area (Å²) in [7, 11) is 0. The van der Waals surface area contributed by atoms with Crippen LogP contribution in [0.2, 0.25) is 0 Å². The second-order valence-electron chi connectivity index (χ2n) is 9.49. The lowest BCUT2D eigenvalue weighted by Crippen LogP contribution is -2.34. The van der Waals surface area contributed by atoms with E-state index in [1.165, 1.54) is 6.33 Å². The number of aliphatic hydroxyl groups is 1. The van der Waals surface area contributed by atoms with Crippen LogP contribution in [0, 0.1) is 0 Å². The van der Waals surface area contributed by atoms with E-state index in [1.54, 1.807) is 11.8 Å². The zero-order chi connectivity index (χ0) is 27.7. The Labute approximate surface area is 237 Å². The number of H-pyrrole nitrogens is 1. The Kier molecular flexibility index (Phi) is 9.46. The lowest BCUT2D eigenvalue weighted by atomic mass is 9.99. The van der Waals surface area contributed by atoms with Crippen molar-refractivity contribution >= 4 is 17.8 Å². The van der Waals surface area contributed by atoms with Crippen LogP contribution in [0.15, 0.2) is 84.3 Å². The number of amides is 2. The van der Waals surface area contributed by atoms with Crippen LogP contribution in [0.4, 0.5) is 4.79 Å². The molecule has 0 saturated carbocycles. The highest BCUT2D eigenvalue weighted by atomic mass is 32.2. The molecule has 2 amide bonds. The van der Waals surface area contributed by atoms with Gasteiger partial charge in [-0.2, -0.15) is 5.10 Å². The quantitative estimate of drug-likeness (QED) is 0.199. The topological polar surface area (TPSA) is 121 Å². The average Bonchev–Trinajstić information content (AvgIpc) is 3.53. The van der Waals surface area contributed by atoms with Gasteiger partial charge in [0.25, 0.3) is 0 Å². The van der Waals surface area contributed by atoms with Crippen molar-refractivity contribution in [2.45, 2.75) is 50.2 Å². The summed E-state index contributed by atoms with van der Waals surface area (Å²) in [6.07, 6.45) is 1.45. The molecule has 1 aromatic heterocycles. The van der Waals surface area contributed by atoms with Crippen LogP contribution in [0.1, 0.15) is 48.0 Å². The number of nitrogens with one attached hydrogen (secondary N) is 3. The number of carbonyl (C=O) groups is 1. The van der Waals surface area contributed by atoms with Crippen LogP contribution >= 0.6 is 11.8 Å². The molecule has 1 aliphatic rings. The van der Waals surface area contributed by atoms with Crippen molar-refractivity contribution in [2.24, 2.45) is 0 Å². The Morgan fingerprint density at radius 1 is 1.00 bits per heavy atom. The second kappa shape index (κ2) is 13.6. The number of aromatic amines is 1. The van der Waals surface area contributed by atoms with Crippen LogP contribution in [0.3, 0.4) is 0 Å². The molecule has 1 fully saturated rings. The van der Waals surface area contributed by atoms with Crippen LogP contribution in [-0.2, 0) is 22.6 Å². The fourth-order valence-corrected chi connectivity index (χ4v) is 5.35. The molecular weight excluding hydrogens is 526 g/mol. The Hall–Kier alpha value is -3.70. The molecule has 4 N–H and O–H groups in total. The lowest BCUT2D eigenvalue weighted by molar-refractivity contribution is -0.245. The maximum absolute atomic E-state index is 11.8. The highest BCUT2D eigenvalue weighted by Gasteiger charge is 2.32. The number of hydrogen-bond acceptors (Lipinski definition) is 7. The van der Waals surface area contributed by atoms with Gasteiger partial charge in [-0.15, -0.1) is 0 Å². The molecule has 10 heteroatoms. The fourth-order valence-electron chi connectivity index (χ4n) is 4.56. The number of nitrogens with zero attached hydrogens (tertiary/aromatic N) is 2. The van der Waals surface area contributed by atoms with Crippen molar-refractivity contribution in [3.05, 3.63) is 101 Å². The molecule has 1 saturated heterocycles. The van der Waals surface area contributed by atoms with Crippen LogP contribution in [0.25, 0.3) is 11.1 Å². The van der Waals surface area contributed by atoms with Crippen LogP contribution in [-0.4, -0.2) is 44.7 Å². The summed E-state index contributed by atoms with van der Waals surface area (Å²) in [5.41, 5.74) is 6.00. The van der Waals surface area contributed by atoms with E-state index in [1.807, 2.05) is 55.5 Å². The predicted molar refractivity (Wildman–Crippen MR) is 153 cm³/mol. The Bertz CT molecular complexity index is 1370. The number of thioether (sulfide) groups is 1. The van der Waals surface area contributed by atoms with Gasteiger partial charge in [0.1, 0.15) is 6.33 Å². The summed E-state index contributed by atoms with van der Waals surface area (Å²) in [5, 5.41) is 22.6. The zero-order valence-corrected chi connectivity index (χ0v) is 23.1. The number of hydrogen-bond donors (Lipinski definition) is 4. The number of ether oxygens (including phenoxy) is 2. The molecule has 9 nitrogen and oxygen atoms in total. The molecule has 1 aliphatic heterocycles. The second-order valence-corrected chi connectivity index (χ2v) is 10.5. The summed E-state index contributed by atoms with van der Waals surface area (Å²) in [5.74, 6) is 0.704. The van der Waals surface area contributed by atoms with Crippen molar-refractivity contribution in [3.63, 3.8) is 0 Å². The van der Waals surface area contributed by atoms with Gasteiger partial charge in [-0.05, 0) is 40.8 Å². The first-order valence-corrected chi connectivity index (χ1v) is 14.3. The zero-order valence-electron chi connectivity index (χ0n) is 22.2. The molecule has 0 unspecified atom stereocenters. The minimum atomic E-state index is -0.529. The van der Waals surface area contributed by atoms with Gasteiger partial charge >= 0.3 is 6.03 Å². The summed E-state index contributed by atoms with van der Waals surface area (Å²) >= 11 is 1.57. The van der Waals surface area contributed by atoms with E-state index < -0.39 is 6.29 Å². The van der Waals surface area contributed by atoms with Gasteiger partial charge in [0.2, 0.25) is 0 Å². The van der Waals surface area contributed by atoms with E-state index in [0.29, 0.717) is 25.3 Å². The van der Waals surface area contributed by atoms with Gasteiger partial charge in [0, 0.05) is 30.8 Å². The highest BCUT2D eigenvalue weighted by molar-refractivity contribution is 7.99.